The second-order valence-corrected chi connectivity index (χ2v) is 5.12. The highest BCUT2D eigenvalue weighted by Crippen LogP contribution is 2.33. The smallest absolute Gasteiger partial charge is 0.137 e. The predicted octanol–water partition coefficient (Wildman–Crippen LogP) is 4.26. The molecule has 0 unspecified atom stereocenters. The van der Waals surface area contributed by atoms with Gasteiger partial charge in [-0.05, 0) is 25.8 Å². The molecule has 88 valence electrons. The van der Waals surface area contributed by atoms with Crippen molar-refractivity contribution in [3.8, 4) is 0 Å². The molecule has 1 aromatic heterocycles. The molecule has 3 heteroatoms. The maximum Gasteiger partial charge on any atom is 0.137 e. The van der Waals surface area contributed by atoms with Crippen molar-refractivity contribution in [1.82, 2.24) is 0 Å². The van der Waals surface area contributed by atoms with Gasteiger partial charge in [-0.1, -0.05) is 27.7 Å². The van der Waals surface area contributed by atoms with Gasteiger partial charge in [0.05, 0.1) is 5.60 Å². The Morgan fingerprint density at radius 3 is 2.00 bits per heavy atom. The summed E-state index contributed by atoms with van der Waals surface area (Å²) in [6, 6.07) is 1.43. The molecule has 0 bridgehead atoms. The van der Waals surface area contributed by atoms with E-state index in [-0.39, 0.29) is 11.7 Å². The molecule has 0 saturated heterocycles. The molecule has 1 rings (SSSR count). The summed E-state index contributed by atoms with van der Waals surface area (Å²) in [7, 11) is 0. The molecule has 0 aliphatic rings. The summed E-state index contributed by atoms with van der Waals surface area (Å²) in [4.78, 5) is 1.41. The number of halogens is 1. The van der Waals surface area contributed by atoms with Gasteiger partial charge in [-0.2, -0.15) is 0 Å². The van der Waals surface area contributed by atoms with Crippen molar-refractivity contribution in [3.63, 3.8) is 0 Å². The second-order valence-electron chi connectivity index (χ2n) is 4.04. The van der Waals surface area contributed by atoms with Crippen LogP contribution in [0.2, 0.25) is 0 Å². The Bertz CT molecular complexity index is 297. The van der Waals surface area contributed by atoms with Crippen LogP contribution in [-0.4, -0.2) is 5.11 Å². The van der Waals surface area contributed by atoms with Gasteiger partial charge in [0.2, 0.25) is 0 Å². The minimum absolute atomic E-state index is 0.182. The summed E-state index contributed by atoms with van der Waals surface area (Å²) in [5.74, 6) is -0.0155. The molecule has 1 N–H and O–H groups in total. The van der Waals surface area contributed by atoms with E-state index in [9.17, 15) is 9.50 Å². The Hall–Kier alpha value is -0.410. The van der Waals surface area contributed by atoms with E-state index in [1.54, 1.807) is 13.8 Å². The third-order valence-corrected chi connectivity index (χ3v) is 3.56. The molecule has 0 aliphatic heterocycles. The monoisotopic (exact) mass is 232 g/mol. The van der Waals surface area contributed by atoms with Crippen LogP contribution in [0.1, 0.15) is 57.2 Å². The largest absolute Gasteiger partial charge is 0.385 e. The van der Waals surface area contributed by atoms with Crippen molar-refractivity contribution in [3.05, 3.63) is 21.6 Å². The van der Waals surface area contributed by atoms with E-state index in [4.69, 9.17) is 0 Å². The van der Waals surface area contributed by atoms with E-state index in [1.807, 2.05) is 27.7 Å². The highest BCUT2D eigenvalue weighted by atomic mass is 32.1. The van der Waals surface area contributed by atoms with Crippen molar-refractivity contribution >= 4 is 11.3 Å². The van der Waals surface area contributed by atoms with Crippen molar-refractivity contribution in [2.24, 2.45) is 0 Å². The Morgan fingerprint density at radius 2 is 1.80 bits per heavy atom. The van der Waals surface area contributed by atoms with Gasteiger partial charge in [-0.3, -0.25) is 0 Å². The van der Waals surface area contributed by atoms with Gasteiger partial charge in [0, 0.05) is 9.75 Å². The lowest BCUT2D eigenvalue weighted by atomic mass is 10.1. The van der Waals surface area contributed by atoms with E-state index in [0.29, 0.717) is 4.88 Å². The van der Waals surface area contributed by atoms with Gasteiger partial charge in [0.15, 0.2) is 0 Å². The fourth-order valence-electron chi connectivity index (χ4n) is 1.08. The first-order chi connectivity index (χ1) is 6.82. The quantitative estimate of drug-likeness (QED) is 0.807. The van der Waals surface area contributed by atoms with Crippen molar-refractivity contribution in [2.75, 3.05) is 0 Å². The van der Waals surface area contributed by atoms with Crippen LogP contribution in [0.5, 0.6) is 0 Å². The molecule has 15 heavy (non-hydrogen) atoms. The second kappa shape index (κ2) is 5.61. The molecule has 0 aromatic carbocycles. The van der Waals surface area contributed by atoms with Gasteiger partial charge >= 0.3 is 0 Å². The van der Waals surface area contributed by atoms with Crippen molar-refractivity contribution in [2.45, 2.75) is 53.1 Å². The van der Waals surface area contributed by atoms with Gasteiger partial charge in [0.1, 0.15) is 5.82 Å². The number of aliphatic hydroxyl groups is 1. The summed E-state index contributed by atoms with van der Waals surface area (Å²) in [5.41, 5.74) is -0.932. The minimum Gasteiger partial charge on any atom is -0.385 e. The topological polar surface area (TPSA) is 20.2 Å². The van der Waals surface area contributed by atoms with Gasteiger partial charge in [-0.25, -0.2) is 4.39 Å². The van der Waals surface area contributed by atoms with Crippen LogP contribution in [0.15, 0.2) is 6.07 Å². The SMILES string of the molecule is CC.CC(C)c1sc(C(C)(C)O)cc1F. The number of thiophene rings is 1. The molecule has 0 aliphatic carbocycles. The van der Waals surface area contributed by atoms with Crippen LogP contribution >= 0.6 is 11.3 Å². The Balaban J connectivity index is 0.000000921. The highest BCUT2D eigenvalue weighted by molar-refractivity contribution is 7.12. The Morgan fingerprint density at radius 1 is 1.33 bits per heavy atom. The molecule has 0 saturated carbocycles. The van der Waals surface area contributed by atoms with Crippen LogP contribution in [-0.2, 0) is 5.60 Å². The predicted molar refractivity (Wildman–Crippen MR) is 65.0 cm³/mol. The Kier molecular flexibility index (Phi) is 5.46. The maximum absolute atomic E-state index is 13.3. The maximum atomic E-state index is 13.3. The lowest BCUT2D eigenvalue weighted by Gasteiger charge is -2.13. The van der Waals surface area contributed by atoms with Crippen LogP contribution < -0.4 is 0 Å². The molecule has 1 heterocycles. The summed E-state index contributed by atoms with van der Waals surface area (Å²) in [6.07, 6.45) is 0. The van der Waals surface area contributed by atoms with E-state index in [2.05, 4.69) is 0 Å². The molecular formula is C12H21FOS. The average molecular weight is 232 g/mol. The summed E-state index contributed by atoms with van der Waals surface area (Å²) in [6.45, 7) is 11.2. The van der Waals surface area contributed by atoms with Crippen LogP contribution in [0.25, 0.3) is 0 Å². The van der Waals surface area contributed by atoms with Gasteiger partial charge in [-0.15, -0.1) is 11.3 Å². The molecule has 1 nitrogen and oxygen atoms in total. The number of rotatable bonds is 2. The molecule has 0 amide bonds. The van der Waals surface area contributed by atoms with E-state index in [0.717, 1.165) is 4.88 Å². The molecule has 0 radical (unpaired) electrons. The van der Waals surface area contributed by atoms with E-state index < -0.39 is 5.60 Å². The molecule has 0 atom stereocenters. The zero-order valence-electron chi connectivity index (χ0n) is 10.4. The normalized spacial score (nSPS) is 11.3. The Labute approximate surface area is 96.0 Å². The number of hydrogen-bond acceptors (Lipinski definition) is 2. The van der Waals surface area contributed by atoms with E-state index in [1.165, 1.54) is 17.4 Å². The van der Waals surface area contributed by atoms with Gasteiger partial charge in [0.25, 0.3) is 0 Å². The standard InChI is InChI=1S/C10H15FOS.C2H6/c1-6(2)9-7(11)5-8(13-9)10(3,4)12;1-2/h5-6,12H,1-4H3;1-2H3. The first-order valence-electron chi connectivity index (χ1n) is 5.34. The molecular weight excluding hydrogens is 211 g/mol. The van der Waals surface area contributed by atoms with Crippen LogP contribution in [0, 0.1) is 5.82 Å². The summed E-state index contributed by atoms with van der Waals surface area (Å²) >= 11 is 1.35. The van der Waals surface area contributed by atoms with Crippen molar-refractivity contribution < 1.29 is 9.50 Å². The fraction of sp³-hybridized carbons (Fsp3) is 0.667. The zero-order chi connectivity index (χ0) is 12.2. The third-order valence-electron chi connectivity index (χ3n) is 1.84. The average Bonchev–Trinajstić information content (AvgIpc) is 2.50. The molecule has 1 aromatic rings. The third kappa shape index (κ3) is 3.92. The lowest BCUT2D eigenvalue weighted by molar-refractivity contribution is 0.0823. The van der Waals surface area contributed by atoms with Crippen LogP contribution in [0.4, 0.5) is 4.39 Å². The zero-order valence-corrected chi connectivity index (χ0v) is 11.2. The molecule has 0 spiro atoms. The van der Waals surface area contributed by atoms with Crippen LogP contribution in [0.3, 0.4) is 0 Å². The highest BCUT2D eigenvalue weighted by Gasteiger charge is 2.22. The summed E-state index contributed by atoms with van der Waals surface area (Å²) in [5, 5.41) is 9.65. The van der Waals surface area contributed by atoms with Crippen molar-refractivity contribution in [1.29, 1.82) is 0 Å². The molecule has 0 fully saturated rings. The lowest BCUT2D eigenvalue weighted by Crippen LogP contribution is -2.12. The first kappa shape index (κ1) is 14.6. The van der Waals surface area contributed by atoms with Gasteiger partial charge < -0.3 is 5.11 Å². The number of hydrogen-bond donors (Lipinski definition) is 1. The minimum atomic E-state index is -0.932. The first-order valence-corrected chi connectivity index (χ1v) is 6.16. The van der Waals surface area contributed by atoms with E-state index >= 15 is 0 Å². The fourth-order valence-corrected chi connectivity index (χ4v) is 2.12. The summed E-state index contributed by atoms with van der Waals surface area (Å²) < 4.78 is 13.3.